The van der Waals surface area contributed by atoms with Gasteiger partial charge < -0.3 is 19.8 Å². The van der Waals surface area contributed by atoms with Crippen molar-refractivity contribution in [3.8, 4) is 0 Å². The number of carbonyl (C=O) groups is 2. The first-order chi connectivity index (χ1) is 8.59. The maximum absolute atomic E-state index is 10.5. The van der Waals surface area contributed by atoms with Gasteiger partial charge in [-0.2, -0.15) is 0 Å². The van der Waals surface area contributed by atoms with Crippen molar-refractivity contribution in [3.63, 3.8) is 0 Å². The summed E-state index contributed by atoms with van der Waals surface area (Å²) in [4.78, 5) is 21.0. The Morgan fingerprint density at radius 2 is 1.15 bits per heavy atom. The molecular formula is C14H24LiNaO4. The van der Waals surface area contributed by atoms with Crippen molar-refractivity contribution in [2.45, 2.75) is 71.1 Å². The monoisotopic (exact) mass is 286 g/mol. The van der Waals surface area contributed by atoms with Crippen LogP contribution in [0.2, 0.25) is 0 Å². The number of hydrogen-bond donors (Lipinski definition) is 0. The molecule has 0 aliphatic heterocycles. The Morgan fingerprint density at radius 1 is 0.800 bits per heavy atom. The Kier molecular flexibility index (Phi) is 22.4. The maximum atomic E-state index is 10.5. The van der Waals surface area contributed by atoms with Crippen LogP contribution >= 0.6 is 0 Å². The molecule has 0 amide bonds. The van der Waals surface area contributed by atoms with Gasteiger partial charge in [-0.3, -0.25) is 0 Å². The molecule has 0 saturated carbocycles. The largest absolute Gasteiger partial charge is 1.00 e. The molecule has 0 rings (SSSR count). The van der Waals surface area contributed by atoms with Gasteiger partial charge in [0, 0.05) is 5.92 Å². The molecule has 0 aromatic heterocycles. The van der Waals surface area contributed by atoms with E-state index in [1.807, 2.05) is 0 Å². The van der Waals surface area contributed by atoms with Crippen LogP contribution in [0, 0.1) is 5.92 Å². The summed E-state index contributed by atoms with van der Waals surface area (Å²) in [6.45, 7) is 2.19. The zero-order valence-corrected chi connectivity index (χ0v) is 15.3. The Hall–Kier alpha value is 0.537. The molecule has 0 fully saturated rings. The van der Waals surface area contributed by atoms with Crippen molar-refractivity contribution in [2.75, 3.05) is 0 Å². The number of carboxylic acid groups (broad SMARTS) is 2. The van der Waals surface area contributed by atoms with Gasteiger partial charge in [-0.1, -0.05) is 64.7 Å². The first-order valence-electron chi connectivity index (χ1n) is 7.01. The van der Waals surface area contributed by atoms with Gasteiger partial charge in [0.05, 0.1) is 11.9 Å². The number of hydrogen-bond acceptors (Lipinski definition) is 4. The summed E-state index contributed by atoms with van der Waals surface area (Å²) in [6.07, 6.45) is 10.1. The average molecular weight is 286 g/mol. The molecule has 6 heteroatoms. The third-order valence-electron chi connectivity index (χ3n) is 3.17. The van der Waals surface area contributed by atoms with Crippen molar-refractivity contribution in [1.29, 1.82) is 0 Å². The van der Waals surface area contributed by atoms with Gasteiger partial charge in [-0.25, -0.2) is 0 Å². The van der Waals surface area contributed by atoms with Crippen LogP contribution in [0.25, 0.3) is 0 Å². The van der Waals surface area contributed by atoms with Crippen molar-refractivity contribution in [1.82, 2.24) is 0 Å². The van der Waals surface area contributed by atoms with Crippen molar-refractivity contribution in [2.24, 2.45) is 5.92 Å². The molecular weight excluding hydrogens is 262 g/mol. The van der Waals surface area contributed by atoms with E-state index in [9.17, 15) is 19.8 Å². The topological polar surface area (TPSA) is 80.3 Å². The molecule has 0 atom stereocenters. The van der Waals surface area contributed by atoms with Crippen molar-refractivity contribution < 1.29 is 68.2 Å². The van der Waals surface area contributed by atoms with Crippen LogP contribution in [0.4, 0.5) is 0 Å². The minimum Gasteiger partial charge on any atom is -0.549 e. The number of unbranched alkanes of at least 4 members (excludes halogenated alkanes) is 8. The Labute approximate surface area is 156 Å². The first kappa shape index (κ1) is 25.5. The second-order valence-electron chi connectivity index (χ2n) is 4.81. The van der Waals surface area contributed by atoms with Crippen LogP contribution in [0.5, 0.6) is 0 Å². The van der Waals surface area contributed by atoms with Gasteiger partial charge >= 0.3 is 48.4 Å². The first-order valence-corrected chi connectivity index (χ1v) is 7.01. The number of aliphatic carboxylic acids is 2. The van der Waals surface area contributed by atoms with E-state index >= 15 is 0 Å². The maximum Gasteiger partial charge on any atom is 1.00 e. The van der Waals surface area contributed by atoms with E-state index in [1.54, 1.807) is 0 Å². The van der Waals surface area contributed by atoms with Crippen molar-refractivity contribution in [3.05, 3.63) is 0 Å². The number of rotatable bonds is 12. The smallest absolute Gasteiger partial charge is 0.549 e. The quantitative estimate of drug-likeness (QED) is 0.204. The molecule has 0 unspecified atom stereocenters. The molecule has 0 radical (unpaired) electrons. The van der Waals surface area contributed by atoms with Gasteiger partial charge in [0.1, 0.15) is 0 Å². The fraction of sp³-hybridized carbons (Fsp3) is 0.857. The summed E-state index contributed by atoms with van der Waals surface area (Å²) in [5, 5.41) is 21.0. The molecule has 106 valence electrons. The summed E-state index contributed by atoms with van der Waals surface area (Å²) in [5.41, 5.74) is 0. The summed E-state index contributed by atoms with van der Waals surface area (Å²) in [7, 11) is 0. The number of carboxylic acids is 2. The molecule has 4 nitrogen and oxygen atoms in total. The van der Waals surface area contributed by atoms with Crippen LogP contribution in [0.3, 0.4) is 0 Å². The summed E-state index contributed by atoms with van der Waals surface area (Å²) < 4.78 is 0. The molecule has 0 aliphatic rings. The zero-order valence-electron chi connectivity index (χ0n) is 13.3. The molecule has 0 aromatic carbocycles. The van der Waals surface area contributed by atoms with Gasteiger partial charge in [-0.15, -0.1) is 0 Å². The second kappa shape index (κ2) is 17.6. The van der Waals surface area contributed by atoms with E-state index < -0.39 is 17.9 Å². The van der Waals surface area contributed by atoms with Crippen LogP contribution in [-0.2, 0) is 9.59 Å². The summed E-state index contributed by atoms with van der Waals surface area (Å²) in [5.74, 6) is -4.52. The normalized spacial score (nSPS) is 9.70. The van der Waals surface area contributed by atoms with E-state index in [0.29, 0.717) is 6.42 Å². The van der Waals surface area contributed by atoms with Gasteiger partial charge in [0.25, 0.3) is 0 Å². The molecule has 0 heterocycles. The zero-order chi connectivity index (χ0) is 13.8. The van der Waals surface area contributed by atoms with E-state index in [1.165, 1.54) is 32.1 Å². The fourth-order valence-corrected chi connectivity index (χ4v) is 1.99. The fourth-order valence-electron chi connectivity index (χ4n) is 1.99. The molecule has 0 bridgehead atoms. The molecule has 0 aliphatic carbocycles. The molecule has 20 heavy (non-hydrogen) atoms. The predicted molar refractivity (Wildman–Crippen MR) is 65.3 cm³/mol. The van der Waals surface area contributed by atoms with Crippen LogP contribution < -0.4 is 58.6 Å². The molecule has 0 N–H and O–H groups in total. The van der Waals surface area contributed by atoms with Crippen molar-refractivity contribution >= 4 is 11.9 Å². The van der Waals surface area contributed by atoms with Gasteiger partial charge in [0.15, 0.2) is 0 Å². The number of carbonyl (C=O) groups excluding carboxylic acids is 2. The molecule has 0 aromatic rings. The Bertz CT molecular complexity index is 235. The standard InChI is InChI=1S/C14H26O4.Li.Na/c1-2-3-4-5-6-7-8-9-10-11-12(13(15)16)14(17)18;;/h12H,2-11H2,1H3,(H,15,16)(H,17,18);;/q;2*+1/p-2. The van der Waals surface area contributed by atoms with E-state index in [4.69, 9.17) is 0 Å². The Balaban J connectivity index is -0.00000144. The van der Waals surface area contributed by atoms with E-state index in [0.717, 1.165) is 19.3 Å². The molecule has 0 saturated heterocycles. The van der Waals surface area contributed by atoms with Gasteiger partial charge in [-0.05, 0) is 6.42 Å². The summed E-state index contributed by atoms with van der Waals surface area (Å²) >= 11 is 0. The average Bonchev–Trinajstić information content (AvgIpc) is 2.30. The van der Waals surface area contributed by atoms with Crippen LogP contribution in [0.1, 0.15) is 71.1 Å². The third-order valence-corrected chi connectivity index (χ3v) is 3.17. The predicted octanol–water partition coefficient (Wildman–Crippen LogP) is -4.97. The second-order valence-corrected chi connectivity index (χ2v) is 4.81. The van der Waals surface area contributed by atoms with E-state index in [2.05, 4.69) is 6.92 Å². The SMILES string of the molecule is CCCCCCCCCCCC(C(=O)[O-])C(=O)[O-].[Li+].[Na+]. The van der Waals surface area contributed by atoms with E-state index in [-0.39, 0.29) is 54.8 Å². The minimum atomic E-state index is -1.53. The van der Waals surface area contributed by atoms with Crippen LogP contribution in [0.15, 0.2) is 0 Å². The Morgan fingerprint density at radius 3 is 1.50 bits per heavy atom. The third kappa shape index (κ3) is 14.9. The minimum absolute atomic E-state index is 0. The summed E-state index contributed by atoms with van der Waals surface area (Å²) in [6, 6.07) is 0. The van der Waals surface area contributed by atoms with Crippen LogP contribution in [-0.4, -0.2) is 11.9 Å². The van der Waals surface area contributed by atoms with Gasteiger partial charge in [0.2, 0.25) is 0 Å². The molecule has 0 spiro atoms.